The van der Waals surface area contributed by atoms with Crippen molar-refractivity contribution >= 4 is 35.0 Å². The molecule has 1 aliphatic rings. The Hall–Kier alpha value is -4.05. The van der Waals surface area contributed by atoms with E-state index in [1.54, 1.807) is 42.6 Å². The summed E-state index contributed by atoms with van der Waals surface area (Å²) in [7, 11) is 0. The van der Waals surface area contributed by atoms with E-state index in [1.165, 1.54) is 6.08 Å². The highest BCUT2D eigenvalue weighted by atomic mass is 35.5. The van der Waals surface area contributed by atoms with Crippen LogP contribution in [0, 0.1) is 0 Å². The largest absolute Gasteiger partial charge is 0.507 e. The Balaban J connectivity index is 1.67. The number of carbonyl (C=O) groups excluding carboxylic acids is 1. The number of nitrogens with zero attached hydrogens (tertiary/aromatic N) is 2. The number of amidine groups is 1. The maximum Gasteiger partial charge on any atom is 0.417 e. The molecule has 1 amide bonds. The van der Waals surface area contributed by atoms with Gasteiger partial charge in [0.2, 0.25) is 5.91 Å². The van der Waals surface area contributed by atoms with Gasteiger partial charge in [0.1, 0.15) is 28.8 Å². The lowest BCUT2D eigenvalue weighted by atomic mass is 9.98. The van der Waals surface area contributed by atoms with E-state index in [-0.39, 0.29) is 5.57 Å². The zero-order valence-corrected chi connectivity index (χ0v) is 18.7. The minimum absolute atomic E-state index is 0.335. The van der Waals surface area contributed by atoms with Crippen LogP contribution in [-0.2, 0) is 11.0 Å². The van der Waals surface area contributed by atoms with Gasteiger partial charge >= 0.3 is 6.18 Å². The van der Waals surface area contributed by atoms with Crippen molar-refractivity contribution in [2.24, 2.45) is 10.7 Å². The minimum atomic E-state index is -4.79. The van der Waals surface area contributed by atoms with Gasteiger partial charge < -0.3 is 20.9 Å². The zero-order chi connectivity index (χ0) is 25.2. The van der Waals surface area contributed by atoms with Crippen LogP contribution in [0.5, 0.6) is 17.2 Å². The number of amides is 1. The lowest BCUT2D eigenvalue weighted by molar-refractivity contribution is -0.137. The summed E-state index contributed by atoms with van der Waals surface area (Å²) in [5.74, 6) is -0.122. The summed E-state index contributed by atoms with van der Waals surface area (Å²) in [5, 5.41) is 12.6. The molecule has 0 atom stereocenters. The van der Waals surface area contributed by atoms with E-state index >= 15 is 0 Å². The SMILES string of the molecule is NC(=O)C(=Cc1cccc(Oc2ccnc(C3=NCCN3)c2)c1)c1cc(C(F)(F)F)c(Cl)cc1O. The number of primary amides is 1. The zero-order valence-electron chi connectivity index (χ0n) is 17.9. The number of hydrogen-bond donors (Lipinski definition) is 3. The lowest BCUT2D eigenvalue weighted by Gasteiger charge is -2.14. The number of nitrogens with one attached hydrogen (secondary N) is 1. The van der Waals surface area contributed by atoms with E-state index < -0.39 is 34.0 Å². The second kappa shape index (κ2) is 9.67. The Bertz CT molecular complexity index is 1360. The van der Waals surface area contributed by atoms with Crippen molar-refractivity contribution in [2.45, 2.75) is 6.18 Å². The van der Waals surface area contributed by atoms with Crippen molar-refractivity contribution in [3.8, 4) is 17.2 Å². The van der Waals surface area contributed by atoms with Gasteiger partial charge in [-0.25, -0.2) is 0 Å². The maximum absolute atomic E-state index is 13.3. The van der Waals surface area contributed by atoms with Crippen LogP contribution in [0.3, 0.4) is 0 Å². The minimum Gasteiger partial charge on any atom is -0.507 e. The molecular formula is C24H18ClF3N4O3. The van der Waals surface area contributed by atoms with Gasteiger partial charge in [-0.15, -0.1) is 0 Å². The number of ether oxygens (including phenoxy) is 1. The van der Waals surface area contributed by atoms with E-state index in [0.717, 1.165) is 12.6 Å². The smallest absolute Gasteiger partial charge is 0.417 e. The Morgan fingerprint density at radius 2 is 1.94 bits per heavy atom. The number of nitrogens with two attached hydrogens (primary N) is 1. The van der Waals surface area contributed by atoms with Crippen LogP contribution in [0.1, 0.15) is 22.4 Å². The number of carbonyl (C=O) groups is 1. The summed E-state index contributed by atoms with van der Waals surface area (Å²) in [6, 6.07) is 11.1. The Kier molecular flexibility index (Phi) is 6.65. The van der Waals surface area contributed by atoms with Gasteiger partial charge in [0, 0.05) is 24.4 Å². The summed E-state index contributed by atoms with van der Waals surface area (Å²) in [6.07, 6.45) is -1.96. The topological polar surface area (TPSA) is 110 Å². The first kappa shape index (κ1) is 24.1. The molecule has 0 bridgehead atoms. The average molecular weight is 503 g/mol. The van der Waals surface area contributed by atoms with Crippen molar-refractivity contribution < 1.29 is 27.8 Å². The molecule has 0 radical (unpaired) electrons. The number of rotatable bonds is 6. The first-order chi connectivity index (χ1) is 16.6. The third kappa shape index (κ3) is 5.55. The first-order valence-electron chi connectivity index (χ1n) is 10.3. The summed E-state index contributed by atoms with van der Waals surface area (Å²) < 4.78 is 45.8. The summed E-state index contributed by atoms with van der Waals surface area (Å²) in [4.78, 5) is 20.7. The molecule has 0 unspecified atom stereocenters. The third-order valence-electron chi connectivity index (χ3n) is 5.00. The average Bonchev–Trinajstić information content (AvgIpc) is 3.32. The number of hydrogen-bond acceptors (Lipinski definition) is 6. The van der Waals surface area contributed by atoms with E-state index in [1.807, 2.05) is 0 Å². The molecule has 0 saturated heterocycles. The van der Waals surface area contributed by atoms with Gasteiger partial charge in [0.05, 0.1) is 22.7 Å². The Labute approximate surface area is 202 Å². The molecule has 0 spiro atoms. The van der Waals surface area contributed by atoms with Gasteiger partial charge in [-0.1, -0.05) is 23.7 Å². The van der Waals surface area contributed by atoms with Gasteiger partial charge in [-0.05, 0) is 42.0 Å². The van der Waals surface area contributed by atoms with Crippen LogP contribution in [0.4, 0.5) is 13.2 Å². The number of benzene rings is 2. The van der Waals surface area contributed by atoms with Crippen LogP contribution < -0.4 is 15.8 Å². The van der Waals surface area contributed by atoms with Crippen molar-refractivity contribution in [2.75, 3.05) is 13.1 Å². The van der Waals surface area contributed by atoms with Crippen LogP contribution in [0.25, 0.3) is 11.6 Å². The predicted octanol–water partition coefficient (Wildman–Crippen LogP) is 4.63. The van der Waals surface area contributed by atoms with E-state index in [0.29, 0.717) is 41.2 Å². The quantitative estimate of drug-likeness (QED) is 0.336. The number of halogens is 4. The highest BCUT2D eigenvalue weighted by molar-refractivity contribution is 6.32. The van der Waals surface area contributed by atoms with Crippen LogP contribution in [-0.4, -0.2) is 34.9 Å². The second-order valence-electron chi connectivity index (χ2n) is 7.48. The summed E-state index contributed by atoms with van der Waals surface area (Å²) in [6.45, 7) is 1.39. The molecule has 7 nitrogen and oxygen atoms in total. The number of alkyl halides is 3. The fourth-order valence-corrected chi connectivity index (χ4v) is 3.69. The molecule has 4 rings (SSSR count). The highest BCUT2D eigenvalue weighted by Gasteiger charge is 2.34. The van der Waals surface area contributed by atoms with E-state index in [4.69, 9.17) is 22.1 Å². The number of phenols is 1. The molecule has 3 aromatic rings. The molecule has 0 aliphatic carbocycles. The highest BCUT2D eigenvalue weighted by Crippen LogP contribution is 2.40. The third-order valence-corrected chi connectivity index (χ3v) is 5.31. The first-order valence-corrected chi connectivity index (χ1v) is 10.6. The number of aromatic nitrogens is 1. The fourth-order valence-electron chi connectivity index (χ4n) is 3.42. The molecule has 2 heterocycles. The van der Waals surface area contributed by atoms with Gasteiger partial charge in [-0.2, -0.15) is 13.2 Å². The number of pyridine rings is 1. The van der Waals surface area contributed by atoms with Crippen LogP contribution >= 0.6 is 11.6 Å². The van der Waals surface area contributed by atoms with Gasteiger partial charge in [0.15, 0.2) is 0 Å². The molecule has 1 aromatic heterocycles. The number of aliphatic imine (C=N–C) groups is 1. The molecule has 2 aromatic carbocycles. The van der Waals surface area contributed by atoms with E-state index in [2.05, 4.69) is 15.3 Å². The van der Waals surface area contributed by atoms with Crippen molar-refractivity contribution in [1.29, 1.82) is 0 Å². The number of aromatic hydroxyl groups is 1. The number of phenolic OH excluding ortho intramolecular Hbond substituents is 1. The van der Waals surface area contributed by atoms with Crippen LogP contribution in [0.2, 0.25) is 5.02 Å². The lowest BCUT2D eigenvalue weighted by Crippen LogP contribution is -2.20. The molecular weight excluding hydrogens is 485 g/mol. The maximum atomic E-state index is 13.3. The Morgan fingerprint density at radius 1 is 1.17 bits per heavy atom. The standard InChI is InChI=1S/C24H18ClF3N4O3/c25-19-12-21(33)16(11-18(19)24(26,27)28)17(22(29)34)9-13-2-1-3-14(8-13)35-15-4-5-30-20(10-15)23-31-6-7-32-23/h1-5,8-12,33H,6-7H2,(H2,29,34)(H,31,32). The van der Waals surface area contributed by atoms with Crippen molar-refractivity contribution in [3.05, 3.63) is 82.1 Å². The van der Waals surface area contributed by atoms with Gasteiger partial charge in [0.25, 0.3) is 0 Å². The summed E-state index contributed by atoms with van der Waals surface area (Å²) >= 11 is 5.63. The molecule has 4 N–H and O–H groups in total. The van der Waals surface area contributed by atoms with Crippen LogP contribution in [0.15, 0.2) is 59.7 Å². The molecule has 11 heteroatoms. The monoisotopic (exact) mass is 502 g/mol. The molecule has 180 valence electrons. The molecule has 0 fully saturated rings. The molecule has 1 aliphatic heterocycles. The molecule has 0 saturated carbocycles. The van der Waals surface area contributed by atoms with Gasteiger partial charge in [-0.3, -0.25) is 14.8 Å². The van der Waals surface area contributed by atoms with E-state index in [9.17, 15) is 23.1 Å². The summed E-state index contributed by atoms with van der Waals surface area (Å²) in [5.41, 5.74) is 4.51. The van der Waals surface area contributed by atoms with Crippen molar-refractivity contribution in [3.63, 3.8) is 0 Å². The predicted molar refractivity (Wildman–Crippen MR) is 125 cm³/mol. The fraction of sp³-hybridized carbons (Fsp3) is 0.125. The van der Waals surface area contributed by atoms with Crippen molar-refractivity contribution in [1.82, 2.24) is 10.3 Å². The Morgan fingerprint density at radius 3 is 2.63 bits per heavy atom. The normalized spacial score (nSPS) is 13.8. The second-order valence-corrected chi connectivity index (χ2v) is 7.88. The molecule has 35 heavy (non-hydrogen) atoms.